The standard InChI is InChI=1S/C14H19ClN2O/c1-2-13(11-3-5-12(15)6-4-11)17-14(18)7-10-8-16-9-10/h3-6,10,13,16H,2,7-9H2,1H3,(H,17,18). The van der Waals surface area contributed by atoms with Gasteiger partial charge in [0.05, 0.1) is 6.04 Å². The summed E-state index contributed by atoms with van der Waals surface area (Å²) in [6.45, 7) is 4.00. The molecule has 1 aliphatic rings. The zero-order valence-electron chi connectivity index (χ0n) is 10.6. The Bertz CT molecular complexity index is 401. The molecule has 1 fully saturated rings. The molecule has 2 rings (SSSR count). The normalized spacial score (nSPS) is 17.0. The Morgan fingerprint density at radius 1 is 1.44 bits per heavy atom. The fourth-order valence-corrected chi connectivity index (χ4v) is 2.25. The van der Waals surface area contributed by atoms with Gasteiger partial charge in [0, 0.05) is 11.4 Å². The van der Waals surface area contributed by atoms with Crippen molar-refractivity contribution in [1.82, 2.24) is 10.6 Å². The maximum absolute atomic E-state index is 11.9. The lowest BCUT2D eigenvalue weighted by Gasteiger charge is -2.27. The molecule has 0 bridgehead atoms. The van der Waals surface area contributed by atoms with Gasteiger partial charge in [0.1, 0.15) is 0 Å². The minimum Gasteiger partial charge on any atom is -0.349 e. The third kappa shape index (κ3) is 3.47. The minimum atomic E-state index is 0.0859. The summed E-state index contributed by atoms with van der Waals surface area (Å²) in [5.41, 5.74) is 1.11. The summed E-state index contributed by atoms with van der Waals surface area (Å²) in [4.78, 5) is 11.9. The molecule has 0 spiro atoms. The first-order valence-electron chi connectivity index (χ1n) is 6.44. The van der Waals surface area contributed by atoms with Crippen LogP contribution in [0.15, 0.2) is 24.3 Å². The molecule has 3 nitrogen and oxygen atoms in total. The zero-order chi connectivity index (χ0) is 13.0. The van der Waals surface area contributed by atoms with Crippen LogP contribution in [0.1, 0.15) is 31.4 Å². The highest BCUT2D eigenvalue weighted by molar-refractivity contribution is 6.30. The van der Waals surface area contributed by atoms with Crippen molar-refractivity contribution in [2.45, 2.75) is 25.8 Å². The molecule has 1 atom stereocenters. The van der Waals surface area contributed by atoms with E-state index in [4.69, 9.17) is 11.6 Å². The molecule has 0 saturated carbocycles. The maximum atomic E-state index is 11.9. The number of benzene rings is 1. The van der Waals surface area contributed by atoms with E-state index >= 15 is 0 Å². The van der Waals surface area contributed by atoms with Gasteiger partial charge in [0.25, 0.3) is 0 Å². The first kappa shape index (κ1) is 13.4. The van der Waals surface area contributed by atoms with Crippen LogP contribution in [0, 0.1) is 5.92 Å². The summed E-state index contributed by atoms with van der Waals surface area (Å²) in [6.07, 6.45) is 1.51. The second-order valence-corrected chi connectivity index (χ2v) is 5.24. The summed E-state index contributed by atoms with van der Waals surface area (Å²) in [7, 11) is 0. The third-order valence-corrected chi connectivity index (χ3v) is 3.61. The predicted octanol–water partition coefficient (Wildman–Crippen LogP) is 2.52. The van der Waals surface area contributed by atoms with E-state index in [-0.39, 0.29) is 11.9 Å². The molecule has 4 heteroatoms. The van der Waals surface area contributed by atoms with Gasteiger partial charge in [-0.3, -0.25) is 4.79 Å². The number of amides is 1. The molecule has 1 aliphatic heterocycles. The van der Waals surface area contributed by atoms with E-state index in [2.05, 4.69) is 17.6 Å². The van der Waals surface area contributed by atoms with Crippen molar-refractivity contribution in [2.75, 3.05) is 13.1 Å². The molecular formula is C14H19ClN2O. The highest BCUT2D eigenvalue weighted by atomic mass is 35.5. The molecule has 1 unspecified atom stereocenters. The van der Waals surface area contributed by atoms with E-state index in [0.717, 1.165) is 30.1 Å². The van der Waals surface area contributed by atoms with Gasteiger partial charge >= 0.3 is 0 Å². The van der Waals surface area contributed by atoms with Gasteiger partial charge in [0.2, 0.25) is 5.91 Å². The summed E-state index contributed by atoms with van der Waals surface area (Å²) >= 11 is 5.87. The van der Waals surface area contributed by atoms with Crippen LogP contribution in [-0.4, -0.2) is 19.0 Å². The van der Waals surface area contributed by atoms with E-state index < -0.39 is 0 Å². The predicted molar refractivity (Wildman–Crippen MR) is 73.6 cm³/mol. The molecule has 1 aromatic carbocycles. The Balaban J connectivity index is 1.91. The molecule has 2 N–H and O–H groups in total. The van der Waals surface area contributed by atoms with E-state index in [1.54, 1.807) is 0 Å². The van der Waals surface area contributed by atoms with Gasteiger partial charge in [-0.2, -0.15) is 0 Å². The minimum absolute atomic E-state index is 0.0859. The van der Waals surface area contributed by atoms with Crippen molar-refractivity contribution < 1.29 is 4.79 Å². The lowest BCUT2D eigenvalue weighted by Crippen LogP contribution is -2.44. The molecule has 0 radical (unpaired) electrons. The van der Waals surface area contributed by atoms with E-state index in [1.807, 2.05) is 24.3 Å². The van der Waals surface area contributed by atoms with Gasteiger partial charge in [-0.1, -0.05) is 30.7 Å². The Kier molecular flexibility index (Phi) is 4.61. The van der Waals surface area contributed by atoms with Crippen LogP contribution in [0.4, 0.5) is 0 Å². The van der Waals surface area contributed by atoms with Crippen molar-refractivity contribution in [3.8, 4) is 0 Å². The maximum Gasteiger partial charge on any atom is 0.220 e. The van der Waals surface area contributed by atoms with Gasteiger partial charge in [-0.05, 0) is 43.1 Å². The Morgan fingerprint density at radius 3 is 2.61 bits per heavy atom. The summed E-state index contributed by atoms with van der Waals surface area (Å²) in [5, 5.41) is 6.99. The van der Waals surface area contributed by atoms with Crippen LogP contribution >= 0.6 is 11.6 Å². The molecular weight excluding hydrogens is 248 g/mol. The zero-order valence-corrected chi connectivity index (χ0v) is 11.3. The van der Waals surface area contributed by atoms with Crippen molar-refractivity contribution in [2.24, 2.45) is 5.92 Å². The number of carbonyl (C=O) groups is 1. The Hall–Kier alpha value is -1.06. The Labute approximate surface area is 113 Å². The van der Waals surface area contributed by atoms with Gasteiger partial charge in [-0.25, -0.2) is 0 Å². The molecule has 18 heavy (non-hydrogen) atoms. The fourth-order valence-electron chi connectivity index (χ4n) is 2.12. The van der Waals surface area contributed by atoms with Crippen LogP contribution in [0.25, 0.3) is 0 Å². The van der Waals surface area contributed by atoms with Crippen LogP contribution in [0.3, 0.4) is 0 Å². The van der Waals surface area contributed by atoms with E-state index in [9.17, 15) is 4.79 Å². The van der Waals surface area contributed by atoms with Crippen molar-refractivity contribution in [1.29, 1.82) is 0 Å². The second-order valence-electron chi connectivity index (χ2n) is 4.81. The Morgan fingerprint density at radius 2 is 2.11 bits per heavy atom. The van der Waals surface area contributed by atoms with Crippen molar-refractivity contribution >= 4 is 17.5 Å². The van der Waals surface area contributed by atoms with Crippen LogP contribution in [0.5, 0.6) is 0 Å². The van der Waals surface area contributed by atoms with E-state index in [1.165, 1.54) is 0 Å². The average Bonchev–Trinajstić information content (AvgIpc) is 2.32. The smallest absolute Gasteiger partial charge is 0.220 e. The molecule has 0 aromatic heterocycles. The third-order valence-electron chi connectivity index (χ3n) is 3.36. The average molecular weight is 267 g/mol. The molecule has 1 heterocycles. The molecule has 98 valence electrons. The highest BCUT2D eigenvalue weighted by Gasteiger charge is 2.21. The first-order chi connectivity index (χ1) is 8.69. The topological polar surface area (TPSA) is 41.1 Å². The number of rotatable bonds is 5. The number of halogens is 1. The highest BCUT2D eigenvalue weighted by Crippen LogP contribution is 2.20. The molecule has 1 aromatic rings. The molecule has 1 amide bonds. The fraction of sp³-hybridized carbons (Fsp3) is 0.500. The number of hydrogen-bond acceptors (Lipinski definition) is 2. The molecule has 0 aliphatic carbocycles. The van der Waals surface area contributed by atoms with E-state index in [0.29, 0.717) is 12.3 Å². The first-order valence-corrected chi connectivity index (χ1v) is 6.82. The van der Waals surface area contributed by atoms with Gasteiger partial charge in [-0.15, -0.1) is 0 Å². The van der Waals surface area contributed by atoms with Crippen molar-refractivity contribution in [3.05, 3.63) is 34.9 Å². The summed E-state index contributed by atoms with van der Waals surface area (Å²) < 4.78 is 0. The molecule has 1 saturated heterocycles. The lowest BCUT2D eigenvalue weighted by atomic mass is 9.98. The number of nitrogens with one attached hydrogen (secondary N) is 2. The van der Waals surface area contributed by atoms with Crippen LogP contribution in [-0.2, 0) is 4.79 Å². The van der Waals surface area contributed by atoms with Gasteiger partial charge < -0.3 is 10.6 Å². The summed E-state index contributed by atoms with van der Waals surface area (Å²) in [6, 6.07) is 7.76. The summed E-state index contributed by atoms with van der Waals surface area (Å²) in [5.74, 6) is 0.649. The van der Waals surface area contributed by atoms with Crippen molar-refractivity contribution in [3.63, 3.8) is 0 Å². The number of hydrogen-bond donors (Lipinski definition) is 2. The quantitative estimate of drug-likeness (QED) is 0.860. The lowest BCUT2D eigenvalue weighted by molar-refractivity contribution is -0.123. The SMILES string of the molecule is CCC(NC(=O)CC1CNC1)c1ccc(Cl)cc1. The van der Waals surface area contributed by atoms with Crippen LogP contribution < -0.4 is 10.6 Å². The van der Waals surface area contributed by atoms with Gasteiger partial charge in [0.15, 0.2) is 0 Å². The number of carbonyl (C=O) groups excluding carboxylic acids is 1. The largest absolute Gasteiger partial charge is 0.349 e. The van der Waals surface area contributed by atoms with Crippen LogP contribution in [0.2, 0.25) is 5.02 Å². The monoisotopic (exact) mass is 266 g/mol. The second kappa shape index (κ2) is 6.21.